The molecule has 3 heteroatoms. The van der Waals surface area contributed by atoms with Gasteiger partial charge in [0, 0.05) is 13.6 Å². The Balaban J connectivity index is 2.74. The first-order valence-electron chi connectivity index (χ1n) is 3.30. The molecule has 56 valence electrons. The van der Waals surface area contributed by atoms with Crippen molar-refractivity contribution in [1.82, 2.24) is 0 Å². The molecule has 1 rings (SSSR count). The SMILES string of the molecule is CCN(C)c1ccc(N)s1. The summed E-state index contributed by atoms with van der Waals surface area (Å²) in [7, 11) is 2.06. The summed E-state index contributed by atoms with van der Waals surface area (Å²) in [5, 5.41) is 2.12. The smallest absolute Gasteiger partial charge is 0.0927 e. The van der Waals surface area contributed by atoms with Crippen molar-refractivity contribution < 1.29 is 0 Å². The first-order valence-corrected chi connectivity index (χ1v) is 4.12. The van der Waals surface area contributed by atoms with Crippen LogP contribution in [0.3, 0.4) is 0 Å². The van der Waals surface area contributed by atoms with Crippen molar-refractivity contribution in [3.8, 4) is 0 Å². The van der Waals surface area contributed by atoms with Gasteiger partial charge in [0.25, 0.3) is 0 Å². The van der Waals surface area contributed by atoms with E-state index in [1.807, 2.05) is 12.1 Å². The lowest BCUT2D eigenvalue weighted by Gasteiger charge is -2.12. The third kappa shape index (κ3) is 1.42. The standard InChI is InChI=1S/C7H12N2S/c1-3-9(2)7-5-4-6(8)10-7/h4-5H,3,8H2,1-2H3. The van der Waals surface area contributed by atoms with E-state index in [1.165, 1.54) is 5.00 Å². The Labute approximate surface area is 65.3 Å². The minimum atomic E-state index is 0.885. The predicted molar refractivity (Wildman–Crippen MR) is 47.7 cm³/mol. The van der Waals surface area contributed by atoms with Crippen LogP contribution in [0, 0.1) is 0 Å². The minimum Gasteiger partial charge on any atom is -0.391 e. The summed E-state index contributed by atoms with van der Waals surface area (Å²) < 4.78 is 0. The molecule has 0 aliphatic heterocycles. The summed E-state index contributed by atoms with van der Waals surface area (Å²) in [4.78, 5) is 2.17. The number of hydrogen-bond donors (Lipinski definition) is 1. The number of thiophene rings is 1. The highest BCUT2D eigenvalue weighted by Crippen LogP contribution is 2.26. The van der Waals surface area contributed by atoms with E-state index in [9.17, 15) is 0 Å². The molecule has 0 bridgehead atoms. The molecule has 2 N–H and O–H groups in total. The van der Waals surface area contributed by atoms with Gasteiger partial charge in [-0.25, -0.2) is 0 Å². The van der Waals surface area contributed by atoms with Crippen LogP contribution in [0.25, 0.3) is 0 Å². The number of nitrogens with zero attached hydrogens (tertiary/aromatic N) is 1. The zero-order valence-electron chi connectivity index (χ0n) is 6.29. The van der Waals surface area contributed by atoms with Crippen molar-refractivity contribution in [3.63, 3.8) is 0 Å². The van der Waals surface area contributed by atoms with Crippen LogP contribution in [0.5, 0.6) is 0 Å². The molecule has 0 spiro atoms. The van der Waals surface area contributed by atoms with Gasteiger partial charge in [0.1, 0.15) is 0 Å². The largest absolute Gasteiger partial charge is 0.391 e. The Hall–Kier alpha value is -0.700. The molecular weight excluding hydrogens is 144 g/mol. The molecule has 0 amide bonds. The first-order chi connectivity index (χ1) is 4.74. The normalized spacial score (nSPS) is 9.80. The monoisotopic (exact) mass is 156 g/mol. The van der Waals surface area contributed by atoms with Gasteiger partial charge in [-0.15, -0.1) is 11.3 Å². The fraction of sp³-hybridized carbons (Fsp3) is 0.429. The fourth-order valence-corrected chi connectivity index (χ4v) is 1.50. The summed E-state index contributed by atoms with van der Waals surface area (Å²) >= 11 is 1.62. The molecule has 2 nitrogen and oxygen atoms in total. The molecule has 0 unspecified atom stereocenters. The predicted octanol–water partition coefficient (Wildman–Crippen LogP) is 1.79. The van der Waals surface area contributed by atoms with Crippen molar-refractivity contribution in [2.24, 2.45) is 0 Å². The molecule has 0 fully saturated rings. The lowest BCUT2D eigenvalue weighted by atomic mass is 10.5. The molecule has 10 heavy (non-hydrogen) atoms. The lowest BCUT2D eigenvalue weighted by molar-refractivity contribution is 0.982. The Morgan fingerprint density at radius 1 is 1.60 bits per heavy atom. The van der Waals surface area contributed by atoms with Gasteiger partial charge in [-0.2, -0.15) is 0 Å². The molecule has 0 radical (unpaired) electrons. The van der Waals surface area contributed by atoms with Crippen LogP contribution in [0.15, 0.2) is 12.1 Å². The van der Waals surface area contributed by atoms with Gasteiger partial charge in [0.15, 0.2) is 0 Å². The van der Waals surface area contributed by atoms with E-state index in [2.05, 4.69) is 18.9 Å². The summed E-state index contributed by atoms with van der Waals surface area (Å²) in [5.41, 5.74) is 5.56. The summed E-state index contributed by atoms with van der Waals surface area (Å²) in [6, 6.07) is 3.98. The minimum absolute atomic E-state index is 0.885. The van der Waals surface area contributed by atoms with Crippen LogP contribution in [-0.4, -0.2) is 13.6 Å². The van der Waals surface area contributed by atoms with Gasteiger partial charge in [0.2, 0.25) is 0 Å². The Kier molecular flexibility index (Phi) is 2.17. The average molecular weight is 156 g/mol. The lowest BCUT2D eigenvalue weighted by Crippen LogP contribution is -2.13. The highest BCUT2D eigenvalue weighted by molar-refractivity contribution is 7.19. The van der Waals surface area contributed by atoms with Crippen LogP contribution in [-0.2, 0) is 0 Å². The molecule has 0 saturated heterocycles. The number of nitrogen functional groups attached to an aromatic ring is 1. The first kappa shape index (κ1) is 7.41. The van der Waals surface area contributed by atoms with Crippen molar-refractivity contribution in [1.29, 1.82) is 0 Å². The van der Waals surface area contributed by atoms with E-state index in [0.717, 1.165) is 11.5 Å². The highest BCUT2D eigenvalue weighted by atomic mass is 32.1. The van der Waals surface area contributed by atoms with E-state index < -0.39 is 0 Å². The molecule has 0 aromatic carbocycles. The van der Waals surface area contributed by atoms with E-state index in [4.69, 9.17) is 5.73 Å². The maximum atomic E-state index is 5.56. The zero-order chi connectivity index (χ0) is 7.56. The molecule has 0 atom stereocenters. The summed E-state index contributed by atoms with van der Waals surface area (Å²) in [6.07, 6.45) is 0. The maximum Gasteiger partial charge on any atom is 0.0927 e. The van der Waals surface area contributed by atoms with Gasteiger partial charge in [-0.1, -0.05) is 0 Å². The maximum absolute atomic E-state index is 5.56. The molecule has 1 aromatic rings. The van der Waals surface area contributed by atoms with Crippen LogP contribution in [0.4, 0.5) is 10.0 Å². The van der Waals surface area contributed by atoms with Crippen LogP contribution in [0.2, 0.25) is 0 Å². The summed E-state index contributed by atoms with van der Waals surface area (Å²) in [6.45, 7) is 3.15. The molecule has 0 aliphatic rings. The molecular formula is C7H12N2S. The van der Waals surface area contributed by atoms with E-state index in [0.29, 0.717) is 0 Å². The van der Waals surface area contributed by atoms with Gasteiger partial charge in [0.05, 0.1) is 10.0 Å². The van der Waals surface area contributed by atoms with Crippen LogP contribution < -0.4 is 10.6 Å². The van der Waals surface area contributed by atoms with Crippen molar-refractivity contribution in [2.75, 3.05) is 24.2 Å². The van der Waals surface area contributed by atoms with Crippen molar-refractivity contribution in [2.45, 2.75) is 6.92 Å². The van der Waals surface area contributed by atoms with E-state index in [1.54, 1.807) is 11.3 Å². The zero-order valence-corrected chi connectivity index (χ0v) is 7.11. The molecule has 0 saturated carbocycles. The Morgan fingerprint density at radius 2 is 2.30 bits per heavy atom. The number of nitrogens with two attached hydrogens (primary N) is 1. The second-order valence-electron chi connectivity index (χ2n) is 2.19. The molecule has 1 aromatic heterocycles. The third-order valence-electron chi connectivity index (χ3n) is 1.46. The van der Waals surface area contributed by atoms with Gasteiger partial charge in [-0.05, 0) is 19.1 Å². The highest BCUT2D eigenvalue weighted by Gasteiger charge is 1.99. The molecule has 1 heterocycles. The fourth-order valence-electron chi connectivity index (χ4n) is 0.703. The van der Waals surface area contributed by atoms with Crippen LogP contribution in [0.1, 0.15) is 6.92 Å². The van der Waals surface area contributed by atoms with Gasteiger partial charge in [-0.3, -0.25) is 0 Å². The Morgan fingerprint density at radius 3 is 2.70 bits per heavy atom. The van der Waals surface area contributed by atoms with E-state index in [-0.39, 0.29) is 0 Å². The van der Waals surface area contributed by atoms with E-state index >= 15 is 0 Å². The second-order valence-corrected chi connectivity index (χ2v) is 3.28. The van der Waals surface area contributed by atoms with Crippen LogP contribution >= 0.6 is 11.3 Å². The van der Waals surface area contributed by atoms with Crippen molar-refractivity contribution >= 4 is 21.3 Å². The van der Waals surface area contributed by atoms with Crippen molar-refractivity contribution in [3.05, 3.63) is 12.1 Å². The van der Waals surface area contributed by atoms with Gasteiger partial charge >= 0.3 is 0 Å². The third-order valence-corrected chi connectivity index (χ3v) is 2.49. The molecule has 0 aliphatic carbocycles. The second kappa shape index (κ2) is 2.92. The topological polar surface area (TPSA) is 29.3 Å². The number of hydrogen-bond acceptors (Lipinski definition) is 3. The summed E-state index contributed by atoms with van der Waals surface area (Å²) in [5.74, 6) is 0. The Bertz CT molecular complexity index is 207. The number of rotatable bonds is 2. The average Bonchev–Trinajstić information content (AvgIpc) is 2.34. The van der Waals surface area contributed by atoms with Gasteiger partial charge < -0.3 is 10.6 Å². The number of anilines is 2. The quantitative estimate of drug-likeness (QED) is 0.707.